The molecule has 0 aromatic heterocycles. The second kappa shape index (κ2) is 6.54. The highest BCUT2D eigenvalue weighted by Gasteiger charge is 2.26. The zero-order chi connectivity index (χ0) is 17.4. The molecule has 4 rings (SSSR count). The van der Waals surface area contributed by atoms with Crippen LogP contribution in [0.15, 0.2) is 71.2 Å². The summed E-state index contributed by atoms with van der Waals surface area (Å²) in [7, 11) is 0. The molecule has 3 aromatic rings. The maximum atomic E-state index is 13.2. The van der Waals surface area contributed by atoms with E-state index in [1.807, 2.05) is 42.5 Å². The van der Waals surface area contributed by atoms with Crippen LogP contribution in [0, 0.1) is 0 Å². The Bertz CT molecular complexity index is 973. The smallest absolute Gasteiger partial charge is 0.258 e. The first-order valence-electron chi connectivity index (χ1n) is 7.74. The Hall–Kier alpha value is -2.30. The molecule has 25 heavy (non-hydrogen) atoms. The highest BCUT2D eigenvalue weighted by molar-refractivity contribution is 9.10. The Balaban J connectivity index is 1.85. The molecule has 0 fully saturated rings. The minimum absolute atomic E-state index is 0.106. The Kier molecular flexibility index (Phi) is 4.24. The molecule has 0 bridgehead atoms. The van der Waals surface area contributed by atoms with E-state index < -0.39 is 0 Å². The number of amides is 1. The maximum Gasteiger partial charge on any atom is 0.258 e. The largest absolute Gasteiger partial charge is 0.455 e. The molecule has 0 aliphatic carbocycles. The highest BCUT2D eigenvalue weighted by atomic mass is 79.9. The normalized spacial score (nSPS) is 12.6. The number of carbonyl (C=O) groups excluding carboxylic acids is 1. The topological polar surface area (TPSA) is 29.5 Å². The predicted octanol–water partition coefficient (Wildman–Crippen LogP) is 6.06. The van der Waals surface area contributed by atoms with Crippen LogP contribution in [-0.4, -0.2) is 5.91 Å². The Morgan fingerprint density at radius 1 is 1.00 bits per heavy atom. The van der Waals surface area contributed by atoms with Crippen molar-refractivity contribution < 1.29 is 9.53 Å². The monoisotopic (exact) mass is 413 g/mol. The number of fused-ring (bicyclic) bond motifs is 2. The summed E-state index contributed by atoms with van der Waals surface area (Å²) >= 11 is 9.60. The summed E-state index contributed by atoms with van der Waals surface area (Å²) in [6.07, 6.45) is 0. The van der Waals surface area contributed by atoms with Crippen molar-refractivity contribution in [2.24, 2.45) is 0 Å². The summed E-state index contributed by atoms with van der Waals surface area (Å²) in [6.45, 7) is 0.412. The fraction of sp³-hybridized carbons (Fsp3) is 0.0500. The van der Waals surface area contributed by atoms with E-state index in [1.54, 1.807) is 29.2 Å². The summed E-state index contributed by atoms with van der Waals surface area (Å²) < 4.78 is 6.89. The molecule has 0 saturated heterocycles. The van der Waals surface area contributed by atoms with Gasteiger partial charge in [0.25, 0.3) is 5.91 Å². The molecule has 3 nitrogen and oxygen atoms in total. The number of para-hydroxylation sites is 1. The van der Waals surface area contributed by atoms with E-state index in [0.29, 0.717) is 28.6 Å². The molecule has 124 valence electrons. The van der Waals surface area contributed by atoms with E-state index in [2.05, 4.69) is 15.9 Å². The minimum Gasteiger partial charge on any atom is -0.455 e. The Morgan fingerprint density at radius 2 is 1.84 bits per heavy atom. The lowest BCUT2D eigenvalue weighted by atomic mass is 10.1. The predicted molar refractivity (Wildman–Crippen MR) is 103 cm³/mol. The van der Waals surface area contributed by atoms with Crippen LogP contribution in [0.2, 0.25) is 5.02 Å². The van der Waals surface area contributed by atoms with E-state index in [4.69, 9.17) is 16.3 Å². The number of ether oxygens (including phenoxy) is 1. The number of hydrogen-bond acceptors (Lipinski definition) is 2. The van der Waals surface area contributed by atoms with Gasteiger partial charge in [0.1, 0.15) is 5.75 Å². The van der Waals surface area contributed by atoms with Crippen LogP contribution < -0.4 is 9.64 Å². The van der Waals surface area contributed by atoms with Crippen LogP contribution in [0.25, 0.3) is 0 Å². The van der Waals surface area contributed by atoms with Crippen LogP contribution in [0.5, 0.6) is 11.5 Å². The van der Waals surface area contributed by atoms with Crippen LogP contribution in [0.1, 0.15) is 15.9 Å². The molecule has 1 aliphatic heterocycles. The zero-order valence-corrected chi connectivity index (χ0v) is 15.4. The second-order valence-electron chi connectivity index (χ2n) is 5.72. The Morgan fingerprint density at radius 3 is 2.68 bits per heavy atom. The molecule has 1 aliphatic rings. The van der Waals surface area contributed by atoms with Crippen molar-refractivity contribution in [3.63, 3.8) is 0 Å². The number of halogens is 2. The number of benzene rings is 3. The van der Waals surface area contributed by atoms with Crippen LogP contribution >= 0.6 is 27.5 Å². The number of rotatable bonds is 1. The van der Waals surface area contributed by atoms with Crippen molar-refractivity contribution in [3.05, 3.63) is 87.4 Å². The van der Waals surface area contributed by atoms with Crippen LogP contribution in [-0.2, 0) is 6.54 Å². The summed E-state index contributed by atoms with van der Waals surface area (Å²) in [5, 5.41) is 0.556. The van der Waals surface area contributed by atoms with Crippen LogP contribution in [0.4, 0.5) is 5.69 Å². The zero-order valence-electron chi connectivity index (χ0n) is 13.1. The number of nitrogens with zero attached hydrogens (tertiary/aromatic N) is 1. The molecular formula is C20H13BrClNO2. The molecule has 0 atom stereocenters. The third kappa shape index (κ3) is 3.15. The van der Waals surface area contributed by atoms with Gasteiger partial charge in [0.15, 0.2) is 5.75 Å². The summed E-state index contributed by atoms with van der Waals surface area (Å²) in [5.74, 6) is 1.25. The molecule has 5 heteroatoms. The molecule has 1 amide bonds. The van der Waals surface area contributed by atoms with E-state index >= 15 is 0 Å². The molecule has 0 saturated carbocycles. The van der Waals surface area contributed by atoms with Gasteiger partial charge in [-0.3, -0.25) is 4.79 Å². The van der Waals surface area contributed by atoms with E-state index in [1.165, 1.54) is 0 Å². The van der Waals surface area contributed by atoms with Gasteiger partial charge in [-0.05, 0) is 42.5 Å². The molecule has 3 aromatic carbocycles. The first-order valence-corrected chi connectivity index (χ1v) is 8.92. The van der Waals surface area contributed by atoms with Crippen molar-refractivity contribution in [2.75, 3.05) is 4.90 Å². The van der Waals surface area contributed by atoms with Crippen molar-refractivity contribution in [1.29, 1.82) is 0 Å². The SMILES string of the molecule is O=C(c1cccc(Br)c1)N1Cc2ccccc2Oc2ccc(Cl)cc21. The molecule has 0 unspecified atom stereocenters. The van der Waals surface area contributed by atoms with E-state index in [9.17, 15) is 4.79 Å². The minimum atomic E-state index is -0.106. The molecule has 0 radical (unpaired) electrons. The molecular weight excluding hydrogens is 402 g/mol. The van der Waals surface area contributed by atoms with Crippen molar-refractivity contribution in [1.82, 2.24) is 0 Å². The third-order valence-corrected chi connectivity index (χ3v) is 4.78. The van der Waals surface area contributed by atoms with E-state index in [-0.39, 0.29) is 5.91 Å². The first kappa shape index (κ1) is 16.2. The molecule has 1 heterocycles. The number of carbonyl (C=O) groups is 1. The molecule has 0 spiro atoms. The van der Waals surface area contributed by atoms with Gasteiger partial charge in [0.05, 0.1) is 12.2 Å². The van der Waals surface area contributed by atoms with Crippen LogP contribution in [0.3, 0.4) is 0 Å². The quantitative estimate of drug-likeness (QED) is 0.485. The fourth-order valence-electron chi connectivity index (χ4n) is 2.85. The van der Waals surface area contributed by atoms with Gasteiger partial charge in [-0.1, -0.05) is 51.8 Å². The average molecular weight is 415 g/mol. The number of anilines is 1. The van der Waals surface area contributed by atoms with Gasteiger partial charge in [0, 0.05) is 20.6 Å². The first-order chi connectivity index (χ1) is 12.1. The van der Waals surface area contributed by atoms with Gasteiger partial charge in [0.2, 0.25) is 0 Å². The highest BCUT2D eigenvalue weighted by Crippen LogP contribution is 2.40. The van der Waals surface area contributed by atoms with E-state index in [0.717, 1.165) is 15.8 Å². The summed E-state index contributed by atoms with van der Waals surface area (Å²) in [4.78, 5) is 14.9. The fourth-order valence-corrected chi connectivity index (χ4v) is 3.42. The number of hydrogen-bond donors (Lipinski definition) is 0. The maximum absolute atomic E-state index is 13.2. The van der Waals surface area contributed by atoms with Crippen molar-refractivity contribution >= 4 is 39.1 Å². The molecule has 0 N–H and O–H groups in total. The second-order valence-corrected chi connectivity index (χ2v) is 7.08. The standard InChI is InChI=1S/C20H13BrClNO2/c21-15-6-3-5-13(10-15)20(24)23-12-14-4-1-2-7-18(14)25-19-9-8-16(22)11-17(19)23/h1-11H,12H2. The van der Waals surface area contributed by atoms with Gasteiger partial charge in [-0.25, -0.2) is 0 Å². The van der Waals surface area contributed by atoms with Gasteiger partial charge in [-0.15, -0.1) is 0 Å². The summed E-state index contributed by atoms with van der Waals surface area (Å²) in [6, 6.07) is 20.4. The average Bonchev–Trinajstić information content (AvgIpc) is 2.77. The lowest BCUT2D eigenvalue weighted by Gasteiger charge is -2.22. The Labute approximate surface area is 158 Å². The third-order valence-electron chi connectivity index (χ3n) is 4.05. The van der Waals surface area contributed by atoms with Crippen molar-refractivity contribution in [2.45, 2.75) is 6.54 Å². The van der Waals surface area contributed by atoms with Gasteiger partial charge >= 0.3 is 0 Å². The van der Waals surface area contributed by atoms with Gasteiger partial charge < -0.3 is 9.64 Å². The lowest BCUT2D eigenvalue weighted by Crippen LogP contribution is -2.29. The summed E-state index contributed by atoms with van der Waals surface area (Å²) in [5.41, 5.74) is 2.20. The lowest BCUT2D eigenvalue weighted by molar-refractivity contribution is 0.0985. The van der Waals surface area contributed by atoms with Crippen molar-refractivity contribution in [3.8, 4) is 11.5 Å². The van der Waals surface area contributed by atoms with Gasteiger partial charge in [-0.2, -0.15) is 0 Å².